The van der Waals surface area contributed by atoms with Crippen LogP contribution in [0.4, 0.5) is 5.69 Å². The van der Waals surface area contributed by atoms with Crippen molar-refractivity contribution < 1.29 is 19.1 Å². The summed E-state index contributed by atoms with van der Waals surface area (Å²) in [4.78, 5) is 50.8. The van der Waals surface area contributed by atoms with Crippen molar-refractivity contribution in [2.75, 3.05) is 64.4 Å². The topological polar surface area (TPSA) is 89.2 Å². The van der Waals surface area contributed by atoms with E-state index in [0.717, 1.165) is 72.6 Å². The smallest absolute Gasteiger partial charge is 0.270 e. The molecule has 3 aliphatic rings. The third kappa shape index (κ3) is 6.29. The van der Waals surface area contributed by atoms with Gasteiger partial charge in [0.25, 0.3) is 5.91 Å². The molecule has 3 amide bonds. The van der Waals surface area contributed by atoms with Gasteiger partial charge in [-0.2, -0.15) is 0 Å². The Morgan fingerprint density at radius 2 is 1.71 bits per heavy atom. The number of piperidine rings is 1. The van der Waals surface area contributed by atoms with Gasteiger partial charge < -0.3 is 29.3 Å². The second-order valence-corrected chi connectivity index (χ2v) is 13.5. The van der Waals surface area contributed by atoms with Gasteiger partial charge in [-0.05, 0) is 80.8 Å². The summed E-state index contributed by atoms with van der Waals surface area (Å²) >= 11 is 6.48. The van der Waals surface area contributed by atoms with Crippen molar-refractivity contribution in [1.29, 1.82) is 0 Å². The highest BCUT2D eigenvalue weighted by molar-refractivity contribution is 6.31. The first-order chi connectivity index (χ1) is 21.6. The molecule has 0 aliphatic carbocycles. The molecule has 3 aliphatic heterocycles. The number of nitrogens with zero attached hydrogens (tertiary/aromatic N) is 4. The molecule has 2 aromatic carbocycles. The number of hydrogen-bond acceptors (Lipinski definition) is 5. The lowest BCUT2D eigenvalue weighted by molar-refractivity contribution is -0.133. The lowest BCUT2D eigenvalue weighted by Crippen LogP contribution is -2.44. The quantitative estimate of drug-likeness (QED) is 0.372. The molecular formula is C35H44ClN5O4. The van der Waals surface area contributed by atoms with Gasteiger partial charge in [0.1, 0.15) is 11.4 Å². The number of amides is 3. The minimum Gasteiger partial charge on any atom is -0.495 e. The van der Waals surface area contributed by atoms with E-state index in [4.69, 9.17) is 16.3 Å². The minimum absolute atomic E-state index is 0.0618. The number of likely N-dealkylation sites (tertiary alicyclic amines) is 3. The van der Waals surface area contributed by atoms with Gasteiger partial charge >= 0.3 is 0 Å². The highest BCUT2D eigenvalue weighted by Crippen LogP contribution is 2.35. The molecule has 9 nitrogen and oxygen atoms in total. The molecule has 240 valence electrons. The van der Waals surface area contributed by atoms with E-state index in [1.165, 1.54) is 0 Å². The molecule has 3 saturated heterocycles. The van der Waals surface area contributed by atoms with Crippen LogP contribution in [0.3, 0.4) is 0 Å². The third-order valence-electron chi connectivity index (χ3n) is 10.2. The molecule has 0 spiro atoms. The molecule has 1 aromatic heterocycles. The van der Waals surface area contributed by atoms with E-state index in [1.54, 1.807) is 14.0 Å². The molecule has 10 heteroatoms. The van der Waals surface area contributed by atoms with Crippen LogP contribution in [0.2, 0.25) is 5.02 Å². The number of methoxy groups -OCH3 is 1. The maximum absolute atomic E-state index is 13.8. The maximum atomic E-state index is 13.8. The first-order valence-electron chi connectivity index (χ1n) is 16.1. The number of para-hydroxylation sites is 1. The van der Waals surface area contributed by atoms with Crippen molar-refractivity contribution >= 4 is 45.9 Å². The van der Waals surface area contributed by atoms with Crippen LogP contribution in [0.15, 0.2) is 36.4 Å². The first kappa shape index (κ1) is 31.4. The number of H-pyrrole nitrogens is 1. The van der Waals surface area contributed by atoms with E-state index in [1.807, 2.05) is 64.9 Å². The summed E-state index contributed by atoms with van der Waals surface area (Å²) in [5.74, 6) is 1.80. The second-order valence-electron chi connectivity index (χ2n) is 13.1. The molecule has 45 heavy (non-hydrogen) atoms. The molecule has 2 unspecified atom stereocenters. The number of aryl methyl sites for hydroxylation is 2. The number of ether oxygens (including phenoxy) is 1. The van der Waals surface area contributed by atoms with Gasteiger partial charge in [-0.15, -0.1) is 0 Å². The normalized spacial score (nSPS) is 20.6. The van der Waals surface area contributed by atoms with E-state index < -0.39 is 0 Å². The third-order valence-corrected chi connectivity index (χ3v) is 10.6. The average molecular weight is 634 g/mol. The van der Waals surface area contributed by atoms with Gasteiger partial charge in [-0.1, -0.05) is 29.8 Å². The maximum Gasteiger partial charge on any atom is 0.270 e. The van der Waals surface area contributed by atoms with Crippen LogP contribution in [-0.4, -0.2) is 96.9 Å². The monoisotopic (exact) mass is 633 g/mol. The van der Waals surface area contributed by atoms with Crippen LogP contribution in [0.5, 0.6) is 5.75 Å². The highest BCUT2D eigenvalue weighted by atomic mass is 35.5. The van der Waals surface area contributed by atoms with E-state index in [0.29, 0.717) is 55.0 Å². The molecular weight excluding hydrogens is 590 g/mol. The highest BCUT2D eigenvalue weighted by Gasteiger charge is 2.42. The first-order valence-corrected chi connectivity index (χ1v) is 16.5. The van der Waals surface area contributed by atoms with Gasteiger partial charge in [0.15, 0.2) is 0 Å². The van der Waals surface area contributed by atoms with E-state index in [2.05, 4.69) is 9.88 Å². The van der Waals surface area contributed by atoms with Crippen LogP contribution >= 0.6 is 11.6 Å². The van der Waals surface area contributed by atoms with Crippen LogP contribution in [-0.2, 0) is 9.59 Å². The number of benzene rings is 2. The van der Waals surface area contributed by atoms with Gasteiger partial charge in [-0.25, -0.2) is 0 Å². The summed E-state index contributed by atoms with van der Waals surface area (Å²) < 4.78 is 5.51. The lowest BCUT2D eigenvalue weighted by Gasteiger charge is -2.34. The number of carbonyl (C=O) groups is 3. The number of anilines is 1. The predicted octanol–water partition coefficient (Wildman–Crippen LogP) is 5.13. The number of rotatable bonds is 8. The van der Waals surface area contributed by atoms with Crippen molar-refractivity contribution in [1.82, 2.24) is 19.7 Å². The van der Waals surface area contributed by atoms with Crippen molar-refractivity contribution in [3.63, 3.8) is 0 Å². The molecule has 6 rings (SSSR count). The Balaban J connectivity index is 1.05. The average Bonchev–Trinajstić information content (AvgIpc) is 3.72. The zero-order valence-corrected chi connectivity index (χ0v) is 27.5. The molecule has 2 atom stereocenters. The van der Waals surface area contributed by atoms with Crippen molar-refractivity contribution in [2.24, 2.45) is 17.8 Å². The lowest BCUT2D eigenvalue weighted by atomic mass is 9.94. The summed E-state index contributed by atoms with van der Waals surface area (Å²) in [5.41, 5.74) is 4.30. The number of nitrogens with one attached hydrogen (secondary N) is 1. The molecule has 0 radical (unpaired) electrons. The van der Waals surface area contributed by atoms with Gasteiger partial charge in [-0.3, -0.25) is 14.4 Å². The Hall–Kier alpha value is -3.56. The summed E-state index contributed by atoms with van der Waals surface area (Å²) in [6.07, 6.45) is 2.22. The van der Waals surface area contributed by atoms with Gasteiger partial charge in [0.05, 0.1) is 12.6 Å². The zero-order valence-electron chi connectivity index (χ0n) is 26.8. The Morgan fingerprint density at radius 3 is 2.36 bits per heavy atom. The number of aromatic nitrogens is 1. The van der Waals surface area contributed by atoms with E-state index in [9.17, 15) is 14.4 Å². The van der Waals surface area contributed by atoms with Crippen molar-refractivity contribution in [3.8, 4) is 5.75 Å². The Kier molecular flexibility index (Phi) is 9.11. The number of aromatic amines is 1. The number of fused-ring (bicyclic) bond motifs is 2. The number of carbonyl (C=O) groups excluding carboxylic acids is 3. The summed E-state index contributed by atoms with van der Waals surface area (Å²) in [6, 6.07) is 11.7. The van der Waals surface area contributed by atoms with Gasteiger partial charge in [0.2, 0.25) is 11.8 Å². The largest absolute Gasteiger partial charge is 0.495 e. The standard InChI is InChI=1S/C35H44ClN5O4/c1-22-9-10-28(17-30(22)36)41(34(43)25-11-15-39(16-12-25)24(3)42)14-6-13-38-18-26-20-40(21-27(26)19-38)35(44)32-23(2)29-7-5-8-31(45-4)33(29)37-32/h5,7-10,17,25-27,37H,6,11-16,18-21H2,1-4H3. The second kappa shape index (κ2) is 13.0. The Labute approximate surface area is 270 Å². The van der Waals surface area contributed by atoms with E-state index in [-0.39, 0.29) is 23.6 Å². The molecule has 1 N–H and O–H groups in total. The number of hydrogen-bond donors (Lipinski definition) is 1. The molecule has 3 aromatic rings. The SMILES string of the molecule is COc1cccc2c(C)c(C(=O)N3CC4CN(CCCN(C(=O)C5CCN(C(C)=O)CC5)c5ccc(C)c(Cl)c5)CC4C3)[nH]c12. The molecule has 4 heterocycles. The minimum atomic E-state index is -0.0997. The Bertz CT molecular complexity index is 1580. The molecule has 0 saturated carbocycles. The van der Waals surface area contributed by atoms with Crippen LogP contribution in [0.25, 0.3) is 10.9 Å². The fourth-order valence-electron chi connectivity index (χ4n) is 7.54. The van der Waals surface area contributed by atoms with Gasteiger partial charge in [0, 0.05) is 74.8 Å². The van der Waals surface area contributed by atoms with Crippen molar-refractivity contribution in [2.45, 2.75) is 40.0 Å². The summed E-state index contributed by atoms with van der Waals surface area (Å²) in [5, 5.41) is 1.68. The van der Waals surface area contributed by atoms with Crippen LogP contribution in [0, 0.1) is 31.6 Å². The zero-order chi connectivity index (χ0) is 31.8. The molecule has 3 fully saturated rings. The number of halogens is 1. The fraction of sp³-hybridized carbons (Fsp3) is 0.514. The van der Waals surface area contributed by atoms with Crippen LogP contribution in [0.1, 0.15) is 47.8 Å². The van der Waals surface area contributed by atoms with Crippen LogP contribution < -0.4 is 9.64 Å². The summed E-state index contributed by atoms with van der Waals surface area (Å²) in [7, 11) is 1.65. The summed E-state index contributed by atoms with van der Waals surface area (Å²) in [6.45, 7) is 11.8. The fourth-order valence-corrected chi connectivity index (χ4v) is 7.71. The Morgan fingerprint density at radius 1 is 1.00 bits per heavy atom. The van der Waals surface area contributed by atoms with E-state index >= 15 is 0 Å². The van der Waals surface area contributed by atoms with Crippen molar-refractivity contribution in [3.05, 3.63) is 58.2 Å². The molecule has 0 bridgehead atoms. The predicted molar refractivity (Wildman–Crippen MR) is 177 cm³/mol.